The van der Waals surface area contributed by atoms with E-state index in [0.717, 1.165) is 5.56 Å². The van der Waals surface area contributed by atoms with E-state index < -0.39 is 11.9 Å². The number of benzene rings is 1. The molecule has 1 aromatic carbocycles. The van der Waals surface area contributed by atoms with Crippen molar-refractivity contribution in [1.82, 2.24) is 0 Å². The molecule has 0 radical (unpaired) electrons. The average Bonchev–Trinajstić information content (AvgIpc) is 2.17. The smallest absolute Gasteiger partial charge is 0.194 e. The van der Waals surface area contributed by atoms with E-state index in [9.17, 15) is 9.18 Å². The second-order valence-electron chi connectivity index (χ2n) is 3.94. The number of carbonyl (C=O) groups is 1. The lowest BCUT2D eigenvalue weighted by Gasteiger charge is -2.14. The van der Waals surface area contributed by atoms with Crippen molar-refractivity contribution in [2.24, 2.45) is 0 Å². The van der Waals surface area contributed by atoms with Crippen molar-refractivity contribution in [2.75, 3.05) is 7.11 Å². The Morgan fingerprint density at radius 2 is 2.06 bits per heavy atom. The molecule has 3 heteroatoms. The first-order chi connectivity index (χ1) is 7.51. The number of hydrogen-bond acceptors (Lipinski definition) is 2. The molecule has 0 amide bonds. The van der Waals surface area contributed by atoms with Gasteiger partial charge in [-0.15, -0.1) is 0 Å². The highest BCUT2D eigenvalue weighted by atomic mass is 19.1. The zero-order chi connectivity index (χ0) is 12.3. The zero-order valence-corrected chi connectivity index (χ0v) is 10.1. The fraction of sp³-hybridized carbons (Fsp3) is 0.462. The molecule has 1 rings (SSSR count). The lowest BCUT2D eigenvalue weighted by Crippen LogP contribution is -2.24. The Hall–Kier alpha value is -1.22. The Bertz CT molecular complexity index is 372. The molecular formula is C13H17FO2. The van der Waals surface area contributed by atoms with E-state index in [0.29, 0.717) is 12.0 Å². The van der Waals surface area contributed by atoms with Gasteiger partial charge in [0.05, 0.1) is 5.56 Å². The molecule has 1 atom stereocenters. The van der Waals surface area contributed by atoms with Gasteiger partial charge in [-0.05, 0) is 37.5 Å². The SMILES string of the molecule is CCC(OC)C(=O)c1c(C)cc(C)cc1F. The van der Waals surface area contributed by atoms with Crippen molar-refractivity contribution < 1.29 is 13.9 Å². The van der Waals surface area contributed by atoms with Crippen molar-refractivity contribution in [3.8, 4) is 0 Å². The molecule has 1 aromatic rings. The third kappa shape index (κ3) is 2.47. The summed E-state index contributed by atoms with van der Waals surface area (Å²) in [5, 5.41) is 0. The fourth-order valence-corrected chi connectivity index (χ4v) is 1.85. The summed E-state index contributed by atoms with van der Waals surface area (Å²) in [7, 11) is 1.47. The summed E-state index contributed by atoms with van der Waals surface area (Å²) in [4.78, 5) is 12.0. The van der Waals surface area contributed by atoms with E-state index >= 15 is 0 Å². The monoisotopic (exact) mass is 224 g/mol. The minimum absolute atomic E-state index is 0.152. The van der Waals surface area contributed by atoms with Crippen LogP contribution in [-0.4, -0.2) is 19.0 Å². The Balaban J connectivity index is 3.18. The molecule has 0 fully saturated rings. The fourth-order valence-electron chi connectivity index (χ4n) is 1.85. The van der Waals surface area contributed by atoms with Gasteiger partial charge >= 0.3 is 0 Å². The van der Waals surface area contributed by atoms with Gasteiger partial charge in [-0.25, -0.2) is 4.39 Å². The number of aryl methyl sites for hydroxylation is 2. The molecular weight excluding hydrogens is 207 g/mol. The Labute approximate surface area is 95.4 Å². The average molecular weight is 224 g/mol. The highest BCUT2D eigenvalue weighted by Crippen LogP contribution is 2.19. The predicted molar refractivity (Wildman–Crippen MR) is 61.3 cm³/mol. The molecule has 0 aromatic heterocycles. The number of hydrogen-bond donors (Lipinski definition) is 0. The minimum Gasteiger partial charge on any atom is -0.373 e. The third-order valence-electron chi connectivity index (χ3n) is 2.63. The van der Waals surface area contributed by atoms with Crippen LogP contribution in [0.5, 0.6) is 0 Å². The van der Waals surface area contributed by atoms with Crippen LogP contribution in [0, 0.1) is 19.7 Å². The van der Waals surface area contributed by atoms with Crippen LogP contribution < -0.4 is 0 Å². The van der Waals surface area contributed by atoms with Gasteiger partial charge in [-0.2, -0.15) is 0 Å². The Morgan fingerprint density at radius 3 is 2.50 bits per heavy atom. The maximum atomic E-state index is 13.7. The van der Waals surface area contributed by atoms with E-state index in [1.165, 1.54) is 13.2 Å². The van der Waals surface area contributed by atoms with Crippen LogP contribution in [0.4, 0.5) is 4.39 Å². The topological polar surface area (TPSA) is 26.3 Å². The van der Waals surface area contributed by atoms with E-state index in [-0.39, 0.29) is 11.3 Å². The van der Waals surface area contributed by atoms with Gasteiger partial charge in [0.2, 0.25) is 0 Å². The van der Waals surface area contributed by atoms with Gasteiger partial charge in [0.1, 0.15) is 11.9 Å². The number of rotatable bonds is 4. The lowest BCUT2D eigenvalue weighted by atomic mass is 9.97. The lowest BCUT2D eigenvalue weighted by molar-refractivity contribution is 0.0591. The van der Waals surface area contributed by atoms with Gasteiger partial charge in [0.25, 0.3) is 0 Å². The summed E-state index contributed by atoms with van der Waals surface area (Å²) >= 11 is 0. The highest BCUT2D eigenvalue weighted by molar-refractivity contribution is 6.01. The van der Waals surface area contributed by atoms with Gasteiger partial charge < -0.3 is 4.74 Å². The van der Waals surface area contributed by atoms with E-state index in [1.54, 1.807) is 19.9 Å². The first kappa shape index (κ1) is 12.8. The van der Waals surface area contributed by atoms with Crippen molar-refractivity contribution in [1.29, 1.82) is 0 Å². The van der Waals surface area contributed by atoms with Gasteiger partial charge in [0, 0.05) is 7.11 Å². The number of Topliss-reactive ketones (excluding diaryl/α,β-unsaturated/α-hetero) is 1. The highest BCUT2D eigenvalue weighted by Gasteiger charge is 2.22. The standard InChI is InChI=1S/C13H17FO2/c1-5-11(16-4)13(15)12-9(3)6-8(2)7-10(12)14/h6-7,11H,5H2,1-4H3. The summed E-state index contributed by atoms with van der Waals surface area (Å²) in [6, 6.07) is 3.18. The summed E-state index contributed by atoms with van der Waals surface area (Å²) in [5.74, 6) is -0.738. The quantitative estimate of drug-likeness (QED) is 0.735. The number of halogens is 1. The maximum absolute atomic E-state index is 13.7. The number of ether oxygens (including phenoxy) is 1. The Morgan fingerprint density at radius 1 is 1.44 bits per heavy atom. The van der Waals surface area contributed by atoms with E-state index in [4.69, 9.17) is 4.74 Å². The molecule has 2 nitrogen and oxygen atoms in total. The van der Waals surface area contributed by atoms with Crippen molar-refractivity contribution in [3.05, 3.63) is 34.6 Å². The van der Waals surface area contributed by atoms with E-state index in [2.05, 4.69) is 0 Å². The van der Waals surface area contributed by atoms with Crippen LogP contribution in [0.25, 0.3) is 0 Å². The molecule has 0 aliphatic rings. The first-order valence-corrected chi connectivity index (χ1v) is 5.35. The zero-order valence-electron chi connectivity index (χ0n) is 10.1. The van der Waals surface area contributed by atoms with Crippen LogP contribution in [0.3, 0.4) is 0 Å². The predicted octanol–water partition coefficient (Wildman–Crippen LogP) is 3.05. The van der Waals surface area contributed by atoms with Gasteiger partial charge in [0.15, 0.2) is 5.78 Å². The molecule has 0 N–H and O–H groups in total. The van der Waals surface area contributed by atoms with Crippen LogP contribution in [0.1, 0.15) is 34.8 Å². The summed E-state index contributed by atoms with van der Waals surface area (Å²) in [5.41, 5.74) is 1.63. The molecule has 88 valence electrons. The summed E-state index contributed by atoms with van der Waals surface area (Å²) < 4.78 is 18.8. The van der Waals surface area contributed by atoms with Crippen molar-refractivity contribution in [2.45, 2.75) is 33.3 Å². The first-order valence-electron chi connectivity index (χ1n) is 5.35. The van der Waals surface area contributed by atoms with Crippen LogP contribution in [-0.2, 0) is 4.74 Å². The van der Waals surface area contributed by atoms with Gasteiger partial charge in [-0.3, -0.25) is 4.79 Å². The second-order valence-corrected chi connectivity index (χ2v) is 3.94. The second kappa shape index (κ2) is 5.21. The Kier molecular flexibility index (Phi) is 4.19. The maximum Gasteiger partial charge on any atom is 0.194 e. The molecule has 0 heterocycles. The van der Waals surface area contributed by atoms with Crippen molar-refractivity contribution >= 4 is 5.78 Å². The summed E-state index contributed by atoms with van der Waals surface area (Å²) in [6.45, 7) is 5.39. The van der Waals surface area contributed by atoms with Crippen LogP contribution in [0.2, 0.25) is 0 Å². The van der Waals surface area contributed by atoms with Crippen LogP contribution >= 0.6 is 0 Å². The largest absolute Gasteiger partial charge is 0.373 e. The molecule has 16 heavy (non-hydrogen) atoms. The third-order valence-corrected chi connectivity index (χ3v) is 2.63. The molecule has 0 spiro atoms. The molecule has 0 aliphatic heterocycles. The number of methoxy groups -OCH3 is 1. The number of ketones is 1. The van der Waals surface area contributed by atoms with E-state index in [1.807, 2.05) is 6.92 Å². The molecule has 0 saturated heterocycles. The van der Waals surface area contributed by atoms with Crippen LogP contribution in [0.15, 0.2) is 12.1 Å². The minimum atomic E-state index is -0.559. The molecule has 1 unspecified atom stereocenters. The summed E-state index contributed by atoms with van der Waals surface area (Å²) in [6.07, 6.45) is -0.0156. The molecule has 0 saturated carbocycles. The van der Waals surface area contributed by atoms with Crippen molar-refractivity contribution in [3.63, 3.8) is 0 Å². The molecule has 0 aliphatic carbocycles. The normalized spacial score (nSPS) is 12.6. The molecule has 0 bridgehead atoms. The number of carbonyl (C=O) groups excluding carboxylic acids is 1. The van der Waals surface area contributed by atoms with Gasteiger partial charge in [-0.1, -0.05) is 13.0 Å².